The molecule has 2 N–H and O–H groups in total. The summed E-state index contributed by atoms with van der Waals surface area (Å²) in [6, 6.07) is 12.0. The number of benzene rings is 2. The predicted molar refractivity (Wildman–Crippen MR) is 87.1 cm³/mol. The van der Waals surface area contributed by atoms with E-state index in [-0.39, 0.29) is 0 Å². The molecule has 0 amide bonds. The van der Waals surface area contributed by atoms with Gasteiger partial charge in [0.2, 0.25) is 0 Å². The molecule has 112 valence electrons. The van der Waals surface area contributed by atoms with E-state index in [1.807, 2.05) is 31.2 Å². The first-order chi connectivity index (χ1) is 10.1. The molecule has 3 nitrogen and oxygen atoms in total. The van der Waals surface area contributed by atoms with E-state index in [0.29, 0.717) is 13.2 Å². The normalized spacial score (nSPS) is 10.4. The summed E-state index contributed by atoms with van der Waals surface area (Å²) in [5.41, 5.74) is 10.1. The Morgan fingerprint density at radius 1 is 0.857 bits per heavy atom. The van der Waals surface area contributed by atoms with Crippen molar-refractivity contribution >= 4 is 5.69 Å². The van der Waals surface area contributed by atoms with Gasteiger partial charge < -0.3 is 15.2 Å². The number of rotatable bonds is 6. The van der Waals surface area contributed by atoms with Gasteiger partial charge in [-0.15, -0.1) is 0 Å². The van der Waals surface area contributed by atoms with Gasteiger partial charge in [0, 0.05) is 18.2 Å². The SMILES string of the molecule is Cc1ccc(OCCCOc2ccc(C)c(N)c2)c(C)c1. The molecule has 0 aliphatic heterocycles. The molecule has 2 aromatic carbocycles. The summed E-state index contributed by atoms with van der Waals surface area (Å²) in [5.74, 6) is 1.75. The number of ether oxygens (including phenoxy) is 2. The number of aryl methyl sites for hydroxylation is 3. The minimum atomic E-state index is 0.618. The Labute approximate surface area is 126 Å². The second-order valence-corrected chi connectivity index (χ2v) is 5.34. The Hall–Kier alpha value is -2.16. The molecule has 21 heavy (non-hydrogen) atoms. The molecule has 0 unspecified atom stereocenters. The first-order valence-corrected chi connectivity index (χ1v) is 7.25. The van der Waals surface area contributed by atoms with Crippen LogP contribution < -0.4 is 15.2 Å². The zero-order valence-electron chi connectivity index (χ0n) is 13.0. The minimum absolute atomic E-state index is 0.618. The molecule has 0 bridgehead atoms. The average molecular weight is 285 g/mol. The van der Waals surface area contributed by atoms with E-state index in [9.17, 15) is 0 Å². The maximum Gasteiger partial charge on any atom is 0.122 e. The van der Waals surface area contributed by atoms with Gasteiger partial charge in [-0.05, 0) is 44.0 Å². The van der Waals surface area contributed by atoms with E-state index in [1.165, 1.54) is 11.1 Å². The van der Waals surface area contributed by atoms with Crippen LogP contribution in [-0.4, -0.2) is 13.2 Å². The number of hydrogen-bond acceptors (Lipinski definition) is 3. The van der Waals surface area contributed by atoms with Crippen molar-refractivity contribution in [2.24, 2.45) is 0 Å². The van der Waals surface area contributed by atoms with Crippen LogP contribution in [0.5, 0.6) is 11.5 Å². The van der Waals surface area contributed by atoms with Crippen LogP contribution in [0.2, 0.25) is 0 Å². The number of nitrogen functional groups attached to an aromatic ring is 1. The minimum Gasteiger partial charge on any atom is -0.493 e. The number of anilines is 1. The van der Waals surface area contributed by atoms with Crippen LogP contribution in [-0.2, 0) is 0 Å². The summed E-state index contributed by atoms with van der Waals surface area (Å²) in [6.45, 7) is 7.39. The summed E-state index contributed by atoms with van der Waals surface area (Å²) in [5, 5.41) is 0. The summed E-state index contributed by atoms with van der Waals surface area (Å²) >= 11 is 0. The molecule has 0 fully saturated rings. The highest BCUT2D eigenvalue weighted by Gasteiger charge is 2.01. The topological polar surface area (TPSA) is 44.5 Å². The van der Waals surface area contributed by atoms with Gasteiger partial charge in [-0.3, -0.25) is 0 Å². The highest BCUT2D eigenvalue weighted by Crippen LogP contribution is 2.20. The molecule has 0 aliphatic rings. The van der Waals surface area contributed by atoms with Crippen molar-refractivity contribution in [3.8, 4) is 11.5 Å². The molecule has 0 aliphatic carbocycles. The molecule has 0 atom stereocenters. The first-order valence-electron chi connectivity index (χ1n) is 7.25. The lowest BCUT2D eigenvalue weighted by Gasteiger charge is -2.11. The van der Waals surface area contributed by atoms with Crippen molar-refractivity contribution in [2.45, 2.75) is 27.2 Å². The fourth-order valence-corrected chi connectivity index (χ4v) is 2.10. The first kappa shape index (κ1) is 15.2. The highest BCUT2D eigenvalue weighted by molar-refractivity contribution is 5.50. The second-order valence-electron chi connectivity index (χ2n) is 5.34. The Balaban J connectivity index is 1.73. The molecule has 0 saturated carbocycles. The molecular weight excluding hydrogens is 262 g/mol. The molecule has 0 spiro atoms. The third-order valence-corrected chi connectivity index (χ3v) is 3.40. The van der Waals surface area contributed by atoms with Crippen LogP contribution in [0.3, 0.4) is 0 Å². The van der Waals surface area contributed by atoms with Gasteiger partial charge in [0.05, 0.1) is 13.2 Å². The van der Waals surface area contributed by atoms with Crippen molar-refractivity contribution in [3.05, 3.63) is 53.1 Å². The van der Waals surface area contributed by atoms with E-state index in [4.69, 9.17) is 15.2 Å². The largest absolute Gasteiger partial charge is 0.493 e. The zero-order chi connectivity index (χ0) is 15.2. The van der Waals surface area contributed by atoms with Crippen LogP contribution in [0, 0.1) is 20.8 Å². The Morgan fingerprint density at radius 2 is 1.62 bits per heavy atom. The van der Waals surface area contributed by atoms with Crippen molar-refractivity contribution in [1.82, 2.24) is 0 Å². The van der Waals surface area contributed by atoms with Crippen molar-refractivity contribution in [3.63, 3.8) is 0 Å². The van der Waals surface area contributed by atoms with Gasteiger partial charge >= 0.3 is 0 Å². The maximum atomic E-state index is 5.85. The lowest BCUT2D eigenvalue weighted by Crippen LogP contribution is -2.06. The predicted octanol–water partition coefficient (Wildman–Crippen LogP) is 4.04. The van der Waals surface area contributed by atoms with Gasteiger partial charge in [0.15, 0.2) is 0 Å². The smallest absolute Gasteiger partial charge is 0.122 e. The third-order valence-electron chi connectivity index (χ3n) is 3.40. The molecule has 0 heterocycles. The zero-order valence-corrected chi connectivity index (χ0v) is 13.0. The molecular formula is C18H23NO2. The molecule has 0 radical (unpaired) electrons. The fraction of sp³-hybridized carbons (Fsp3) is 0.333. The van der Waals surface area contributed by atoms with Gasteiger partial charge in [0.1, 0.15) is 11.5 Å². The van der Waals surface area contributed by atoms with Gasteiger partial charge in [-0.2, -0.15) is 0 Å². The Morgan fingerprint density at radius 3 is 2.33 bits per heavy atom. The third kappa shape index (κ3) is 4.42. The van der Waals surface area contributed by atoms with Crippen molar-refractivity contribution in [2.75, 3.05) is 18.9 Å². The summed E-state index contributed by atoms with van der Waals surface area (Å²) < 4.78 is 11.4. The summed E-state index contributed by atoms with van der Waals surface area (Å²) in [6.07, 6.45) is 0.834. The standard InChI is InChI=1S/C18H23NO2/c1-13-5-8-18(15(3)11-13)21-10-4-9-20-16-7-6-14(2)17(19)12-16/h5-8,11-12H,4,9-10,19H2,1-3H3. The highest BCUT2D eigenvalue weighted by atomic mass is 16.5. The molecule has 3 heteroatoms. The summed E-state index contributed by atoms with van der Waals surface area (Å²) in [7, 11) is 0. The fourth-order valence-electron chi connectivity index (χ4n) is 2.10. The van der Waals surface area contributed by atoms with Crippen LogP contribution >= 0.6 is 0 Å². The Kier molecular flexibility index (Phi) is 5.09. The van der Waals surface area contributed by atoms with Gasteiger partial charge in [-0.25, -0.2) is 0 Å². The van der Waals surface area contributed by atoms with E-state index in [2.05, 4.69) is 26.0 Å². The molecule has 0 saturated heterocycles. The van der Waals surface area contributed by atoms with E-state index >= 15 is 0 Å². The van der Waals surface area contributed by atoms with Crippen LogP contribution in [0.25, 0.3) is 0 Å². The molecule has 2 rings (SSSR count). The van der Waals surface area contributed by atoms with E-state index < -0.39 is 0 Å². The monoisotopic (exact) mass is 285 g/mol. The number of hydrogen-bond donors (Lipinski definition) is 1. The van der Waals surface area contributed by atoms with E-state index in [0.717, 1.165) is 29.2 Å². The second kappa shape index (κ2) is 7.02. The maximum absolute atomic E-state index is 5.85. The van der Waals surface area contributed by atoms with Crippen LogP contribution in [0.1, 0.15) is 23.1 Å². The molecule has 2 aromatic rings. The van der Waals surface area contributed by atoms with Crippen LogP contribution in [0.15, 0.2) is 36.4 Å². The molecule has 0 aromatic heterocycles. The lowest BCUT2D eigenvalue weighted by molar-refractivity contribution is 0.246. The van der Waals surface area contributed by atoms with Crippen LogP contribution in [0.4, 0.5) is 5.69 Å². The van der Waals surface area contributed by atoms with Gasteiger partial charge in [0.25, 0.3) is 0 Å². The lowest BCUT2D eigenvalue weighted by atomic mass is 10.1. The van der Waals surface area contributed by atoms with Crippen molar-refractivity contribution < 1.29 is 9.47 Å². The summed E-state index contributed by atoms with van der Waals surface area (Å²) in [4.78, 5) is 0. The average Bonchev–Trinajstić information content (AvgIpc) is 2.44. The Bertz CT molecular complexity index is 608. The van der Waals surface area contributed by atoms with E-state index in [1.54, 1.807) is 0 Å². The quantitative estimate of drug-likeness (QED) is 0.643. The number of nitrogens with two attached hydrogens (primary N) is 1. The van der Waals surface area contributed by atoms with Gasteiger partial charge in [-0.1, -0.05) is 23.8 Å². The van der Waals surface area contributed by atoms with Crippen molar-refractivity contribution in [1.29, 1.82) is 0 Å².